The van der Waals surface area contributed by atoms with Gasteiger partial charge in [0.25, 0.3) is 5.91 Å². The Morgan fingerprint density at radius 2 is 2.15 bits per heavy atom. The maximum atomic E-state index is 12.5. The summed E-state index contributed by atoms with van der Waals surface area (Å²) >= 11 is 0. The molecule has 0 bridgehead atoms. The van der Waals surface area contributed by atoms with Crippen molar-refractivity contribution in [3.05, 3.63) is 30.4 Å². The first-order valence-corrected chi connectivity index (χ1v) is 6.11. The smallest absolute Gasteiger partial charge is 0.256 e. The molecular weight excluding hydrogens is 260 g/mol. The molecule has 0 aliphatic rings. The first-order chi connectivity index (χ1) is 9.58. The molecule has 3 N–H and O–H groups in total. The van der Waals surface area contributed by atoms with Gasteiger partial charge in [-0.3, -0.25) is 4.79 Å². The quantitative estimate of drug-likeness (QED) is 0.573. The number of nitrogens with zero attached hydrogens (tertiary/aromatic N) is 1. The molecule has 0 spiro atoms. The normalized spacial score (nSPS) is 9.95. The highest BCUT2D eigenvalue weighted by atomic mass is 16.5. The van der Waals surface area contributed by atoms with Gasteiger partial charge in [-0.2, -0.15) is 0 Å². The van der Waals surface area contributed by atoms with E-state index in [0.717, 1.165) is 0 Å². The molecule has 0 radical (unpaired) electrons. The van der Waals surface area contributed by atoms with Crippen LogP contribution in [0.25, 0.3) is 0 Å². The fourth-order valence-electron chi connectivity index (χ4n) is 1.79. The zero-order valence-electron chi connectivity index (χ0n) is 11.8. The minimum absolute atomic E-state index is 0.138. The van der Waals surface area contributed by atoms with E-state index in [1.165, 1.54) is 19.1 Å². The number of ether oxygens (including phenoxy) is 2. The van der Waals surface area contributed by atoms with Gasteiger partial charge in [-0.25, -0.2) is 0 Å². The number of hydrogen-bond donors (Lipinski definition) is 2. The monoisotopic (exact) mass is 280 g/mol. The molecular formula is C14H20N2O4. The Kier molecular flexibility index (Phi) is 5.86. The highest BCUT2D eigenvalue weighted by Gasteiger charge is 2.20. The van der Waals surface area contributed by atoms with Gasteiger partial charge in [0.1, 0.15) is 11.5 Å². The molecule has 0 fully saturated rings. The van der Waals surface area contributed by atoms with E-state index in [9.17, 15) is 4.79 Å². The van der Waals surface area contributed by atoms with Crippen LogP contribution in [-0.2, 0) is 0 Å². The predicted molar refractivity (Wildman–Crippen MR) is 77.1 cm³/mol. The third kappa shape index (κ3) is 3.42. The van der Waals surface area contributed by atoms with Crippen LogP contribution in [0.15, 0.2) is 24.8 Å². The number of rotatable bonds is 7. The van der Waals surface area contributed by atoms with Crippen molar-refractivity contribution in [3.63, 3.8) is 0 Å². The molecule has 6 nitrogen and oxygen atoms in total. The summed E-state index contributed by atoms with van der Waals surface area (Å²) in [4.78, 5) is 13.9. The van der Waals surface area contributed by atoms with Crippen LogP contribution in [0.3, 0.4) is 0 Å². The Morgan fingerprint density at radius 1 is 1.45 bits per heavy atom. The van der Waals surface area contributed by atoms with Crippen molar-refractivity contribution in [1.82, 2.24) is 4.90 Å². The first kappa shape index (κ1) is 15.8. The van der Waals surface area contributed by atoms with E-state index in [1.807, 2.05) is 0 Å². The largest absolute Gasteiger partial charge is 0.497 e. The Labute approximate surface area is 118 Å². The lowest BCUT2D eigenvalue weighted by Crippen LogP contribution is -2.34. The van der Waals surface area contributed by atoms with E-state index in [1.54, 1.807) is 18.2 Å². The Morgan fingerprint density at radius 3 is 2.65 bits per heavy atom. The molecule has 0 aliphatic heterocycles. The van der Waals surface area contributed by atoms with Crippen molar-refractivity contribution >= 4 is 11.6 Å². The lowest BCUT2D eigenvalue weighted by molar-refractivity contribution is 0.0743. The number of amides is 1. The van der Waals surface area contributed by atoms with E-state index in [0.29, 0.717) is 18.0 Å². The third-order valence-corrected chi connectivity index (χ3v) is 2.81. The van der Waals surface area contributed by atoms with Gasteiger partial charge in [0.15, 0.2) is 0 Å². The van der Waals surface area contributed by atoms with Crippen LogP contribution >= 0.6 is 0 Å². The van der Waals surface area contributed by atoms with Gasteiger partial charge < -0.3 is 25.2 Å². The van der Waals surface area contributed by atoms with Gasteiger partial charge in [0.05, 0.1) is 32.1 Å². The number of methoxy groups -OCH3 is 2. The van der Waals surface area contributed by atoms with Crippen LogP contribution in [0, 0.1) is 0 Å². The molecule has 0 aliphatic carbocycles. The van der Waals surface area contributed by atoms with E-state index in [2.05, 4.69) is 6.58 Å². The molecule has 0 saturated carbocycles. The second-order valence-electron chi connectivity index (χ2n) is 4.05. The average molecular weight is 280 g/mol. The van der Waals surface area contributed by atoms with Gasteiger partial charge in [-0.1, -0.05) is 6.08 Å². The molecule has 0 aromatic heterocycles. The molecule has 1 rings (SSSR count). The summed E-state index contributed by atoms with van der Waals surface area (Å²) < 4.78 is 10.3. The number of aliphatic hydroxyl groups excluding tert-OH is 1. The second kappa shape index (κ2) is 7.40. The molecule has 110 valence electrons. The molecule has 1 aromatic rings. The fraction of sp³-hybridized carbons (Fsp3) is 0.357. The lowest BCUT2D eigenvalue weighted by atomic mass is 10.1. The summed E-state index contributed by atoms with van der Waals surface area (Å²) in [5.41, 5.74) is 6.45. The Bertz CT molecular complexity index is 488. The lowest BCUT2D eigenvalue weighted by Gasteiger charge is -2.21. The minimum Gasteiger partial charge on any atom is -0.497 e. The van der Waals surface area contributed by atoms with Crippen molar-refractivity contribution in [2.24, 2.45) is 0 Å². The number of nitrogen functional groups attached to an aromatic ring is 1. The van der Waals surface area contributed by atoms with Gasteiger partial charge >= 0.3 is 0 Å². The van der Waals surface area contributed by atoms with E-state index < -0.39 is 0 Å². The van der Waals surface area contributed by atoms with Crippen LogP contribution < -0.4 is 15.2 Å². The predicted octanol–water partition coefficient (Wildman–Crippen LogP) is 0.907. The van der Waals surface area contributed by atoms with Gasteiger partial charge in [0.2, 0.25) is 0 Å². The van der Waals surface area contributed by atoms with Crippen molar-refractivity contribution in [2.45, 2.75) is 0 Å². The number of carbonyl (C=O) groups excluding carboxylic acids is 1. The molecule has 1 aromatic carbocycles. The summed E-state index contributed by atoms with van der Waals surface area (Å²) in [6.45, 7) is 3.97. The Hall–Kier alpha value is -2.21. The molecule has 0 unspecified atom stereocenters. The molecule has 0 heterocycles. The number of nitrogens with two attached hydrogens (primary N) is 1. The number of aliphatic hydroxyl groups is 1. The minimum atomic E-state index is -0.311. The standard InChI is InChI=1S/C14H20N2O4/c1-4-5-16(6-7-17)14(18)11-8-10(19-2)9-12(20-3)13(11)15/h4,8-9,17H,1,5-7,15H2,2-3H3. The van der Waals surface area contributed by atoms with Crippen molar-refractivity contribution in [3.8, 4) is 11.5 Å². The highest BCUT2D eigenvalue weighted by molar-refractivity contribution is 6.01. The number of benzene rings is 1. The van der Waals surface area contributed by atoms with Crippen LogP contribution in [0.1, 0.15) is 10.4 Å². The van der Waals surface area contributed by atoms with Crippen LogP contribution in [0.5, 0.6) is 11.5 Å². The third-order valence-electron chi connectivity index (χ3n) is 2.81. The zero-order valence-corrected chi connectivity index (χ0v) is 11.8. The van der Waals surface area contributed by atoms with Crippen molar-refractivity contribution < 1.29 is 19.4 Å². The SMILES string of the molecule is C=CCN(CCO)C(=O)c1cc(OC)cc(OC)c1N. The molecule has 6 heteroatoms. The van der Waals surface area contributed by atoms with E-state index >= 15 is 0 Å². The van der Waals surface area contributed by atoms with Crippen LogP contribution in [-0.4, -0.2) is 49.8 Å². The van der Waals surface area contributed by atoms with Crippen LogP contribution in [0.4, 0.5) is 5.69 Å². The summed E-state index contributed by atoms with van der Waals surface area (Å²) in [6, 6.07) is 3.16. The number of hydrogen-bond acceptors (Lipinski definition) is 5. The van der Waals surface area contributed by atoms with E-state index in [4.69, 9.17) is 20.3 Å². The van der Waals surface area contributed by atoms with Crippen LogP contribution in [0.2, 0.25) is 0 Å². The summed E-state index contributed by atoms with van der Waals surface area (Å²) in [7, 11) is 2.96. The molecule has 20 heavy (non-hydrogen) atoms. The van der Waals surface area contributed by atoms with Crippen molar-refractivity contribution in [2.75, 3.05) is 39.6 Å². The topological polar surface area (TPSA) is 85.0 Å². The van der Waals surface area contributed by atoms with Gasteiger partial charge in [-0.05, 0) is 6.07 Å². The summed E-state index contributed by atoms with van der Waals surface area (Å²) in [5, 5.41) is 9.02. The summed E-state index contributed by atoms with van der Waals surface area (Å²) in [5.74, 6) is 0.533. The molecule has 0 saturated heterocycles. The number of carbonyl (C=O) groups is 1. The molecule has 0 atom stereocenters. The average Bonchev–Trinajstić information content (AvgIpc) is 2.46. The maximum Gasteiger partial charge on any atom is 0.256 e. The first-order valence-electron chi connectivity index (χ1n) is 6.11. The van der Waals surface area contributed by atoms with Gasteiger partial charge in [-0.15, -0.1) is 6.58 Å². The second-order valence-corrected chi connectivity index (χ2v) is 4.05. The molecule has 1 amide bonds. The zero-order chi connectivity index (χ0) is 15.1. The van der Waals surface area contributed by atoms with Crippen molar-refractivity contribution in [1.29, 1.82) is 0 Å². The Balaban J connectivity index is 3.21. The fourth-order valence-corrected chi connectivity index (χ4v) is 1.79. The van der Waals surface area contributed by atoms with E-state index in [-0.39, 0.29) is 30.3 Å². The summed E-state index contributed by atoms with van der Waals surface area (Å²) in [6.07, 6.45) is 1.58. The maximum absolute atomic E-state index is 12.5. The number of anilines is 1. The van der Waals surface area contributed by atoms with Gasteiger partial charge in [0, 0.05) is 19.2 Å². The highest BCUT2D eigenvalue weighted by Crippen LogP contribution is 2.31.